The van der Waals surface area contributed by atoms with Crippen molar-refractivity contribution in [3.8, 4) is 0 Å². The average molecular weight is 285 g/mol. The molecule has 0 bridgehead atoms. The molecule has 0 aromatic heterocycles. The number of hydrogen-bond acceptors (Lipinski definition) is 2. The second-order valence-corrected chi connectivity index (χ2v) is 4.74. The zero-order valence-corrected chi connectivity index (χ0v) is 11.4. The lowest BCUT2D eigenvalue weighted by Gasteiger charge is -2.19. The summed E-state index contributed by atoms with van der Waals surface area (Å²) in [6, 6.07) is 5.32. The molecule has 0 saturated carbocycles. The predicted octanol–water partition coefficient (Wildman–Crippen LogP) is 3.62. The number of aliphatic imine (C=N–C) groups is 1. The molecule has 1 aromatic rings. The fourth-order valence-electron chi connectivity index (χ4n) is 2.02. The van der Waals surface area contributed by atoms with Gasteiger partial charge in [0.15, 0.2) is 0 Å². The maximum Gasteiger partial charge on any atom is 0.416 e. The van der Waals surface area contributed by atoms with Gasteiger partial charge in [-0.05, 0) is 24.6 Å². The lowest BCUT2D eigenvalue weighted by Crippen LogP contribution is -2.33. The van der Waals surface area contributed by atoms with Gasteiger partial charge in [-0.3, -0.25) is 15.4 Å². The molecule has 0 unspecified atom stereocenters. The number of halogens is 3. The molecule has 1 aromatic carbocycles. The Morgan fingerprint density at radius 3 is 2.85 bits per heavy atom. The number of rotatable bonds is 4. The van der Waals surface area contributed by atoms with Crippen LogP contribution in [0.25, 0.3) is 0 Å². The quantitative estimate of drug-likeness (QED) is 0.856. The van der Waals surface area contributed by atoms with Crippen LogP contribution in [0.1, 0.15) is 31.7 Å². The molecule has 0 atom stereocenters. The molecule has 6 heteroatoms. The van der Waals surface area contributed by atoms with Crippen LogP contribution in [-0.2, 0) is 6.18 Å². The van der Waals surface area contributed by atoms with E-state index in [1.807, 2.05) is 0 Å². The summed E-state index contributed by atoms with van der Waals surface area (Å²) < 4.78 is 38.0. The van der Waals surface area contributed by atoms with Crippen LogP contribution in [0.5, 0.6) is 0 Å². The van der Waals surface area contributed by atoms with Gasteiger partial charge in [-0.15, -0.1) is 0 Å². The predicted molar refractivity (Wildman–Crippen MR) is 73.8 cm³/mol. The van der Waals surface area contributed by atoms with Crippen molar-refractivity contribution < 1.29 is 13.2 Å². The highest BCUT2D eigenvalue weighted by atomic mass is 19.4. The summed E-state index contributed by atoms with van der Waals surface area (Å²) in [7, 11) is 0. The minimum absolute atomic E-state index is 0.514. The fraction of sp³-hybridized carbons (Fsp3) is 0.500. The van der Waals surface area contributed by atoms with E-state index in [2.05, 4.69) is 17.3 Å². The van der Waals surface area contributed by atoms with Crippen LogP contribution in [0.15, 0.2) is 29.3 Å². The number of nitrogens with zero attached hydrogens (tertiary/aromatic N) is 2. The highest BCUT2D eigenvalue weighted by Crippen LogP contribution is 2.31. The molecule has 0 spiro atoms. The molecule has 2 rings (SSSR count). The van der Waals surface area contributed by atoms with E-state index in [-0.39, 0.29) is 0 Å². The van der Waals surface area contributed by atoms with Gasteiger partial charge in [-0.25, -0.2) is 0 Å². The molecule has 20 heavy (non-hydrogen) atoms. The highest BCUT2D eigenvalue weighted by Gasteiger charge is 2.31. The molecular weight excluding hydrogens is 267 g/mol. The van der Waals surface area contributed by atoms with Crippen LogP contribution in [-0.4, -0.2) is 18.9 Å². The van der Waals surface area contributed by atoms with Crippen LogP contribution in [0, 0.1) is 0 Å². The number of benzene rings is 1. The summed E-state index contributed by atoms with van der Waals surface area (Å²) in [6.45, 7) is 3.48. The van der Waals surface area contributed by atoms with E-state index >= 15 is 0 Å². The third kappa shape index (κ3) is 3.65. The molecule has 1 heterocycles. The Morgan fingerprint density at radius 2 is 2.15 bits per heavy atom. The SMILES string of the molecule is CCCCN=C1CCN(c2cccc(C(F)(F)F)c2)N1. The zero-order chi connectivity index (χ0) is 14.6. The minimum Gasteiger partial charge on any atom is -0.286 e. The summed E-state index contributed by atoms with van der Waals surface area (Å²) in [5, 5.41) is 1.71. The van der Waals surface area contributed by atoms with Crippen LogP contribution < -0.4 is 10.4 Å². The minimum atomic E-state index is -4.31. The average Bonchev–Trinajstić information content (AvgIpc) is 2.87. The maximum absolute atomic E-state index is 12.7. The second kappa shape index (κ2) is 6.15. The molecule has 110 valence electrons. The van der Waals surface area contributed by atoms with E-state index < -0.39 is 11.7 Å². The number of alkyl halides is 3. The standard InChI is InChI=1S/C14H18F3N3/c1-2-3-8-18-13-7-9-20(19-13)12-6-4-5-11(10-12)14(15,16)17/h4-6,10H,2-3,7-9H2,1H3,(H,18,19). The van der Waals surface area contributed by atoms with Gasteiger partial charge < -0.3 is 0 Å². The number of unbranched alkanes of at least 4 members (excludes halogenated alkanes) is 1. The number of hydrogen-bond donors (Lipinski definition) is 1. The summed E-state index contributed by atoms with van der Waals surface area (Å²) in [5.41, 5.74) is 2.94. The lowest BCUT2D eigenvalue weighted by molar-refractivity contribution is -0.137. The Hall–Kier alpha value is -1.72. The molecule has 1 N–H and O–H groups in total. The zero-order valence-electron chi connectivity index (χ0n) is 11.4. The van der Waals surface area contributed by atoms with Crippen molar-refractivity contribution in [3.05, 3.63) is 29.8 Å². The van der Waals surface area contributed by atoms with E-state index in [1.165, 1.54) is 6.07 Å². The third-order valence-corrected chi connectivity index (χ3v) is 3.14. The highest BCUT2D eigenvalue weighted by molar-refractivity contribution is 5.86. The monoisotopic (exact) mass is 285 g/mol. The maximum atomic E-state index is 12.7. The van der Waals surface area contributed by atoms with Crippen LogP contribution >= 0.6 is 0 Å². The summed E-state index contributed by atoms with van der Waals surface area (Å²) >= 11 is 0. The van der Waals surface area contributed by atoms with Gasteiger partial charge in [-0.2, -0.15) is 13.2 Å². The molecule has 1 saturated heterocycles. The molecule has 3 nitrogen and oxygen atoms in total. The number of amidine groups is 1. The van der Waals surface area contributed by atoms with Crippen LogP contribution in [0.4, 0.5) is 18.9 Å². The normalized spacial score (nSPS) is 17.6. The molecule has 1 aliphatic heterocycles. The van der Waals surface area contributed by atoms with Gasteiger partial charge in [0.25, 0.3) is 0 Å². The van der Waals surface area contributed by atoms with Crippen molar-refractivity contribution in [2.75, 3.05) is 18.1 Å². The lowest BCUT2D eigenvalue weighted by atomic mass is 10.2. The van der Waals surface area contributed by atoms with Crippen molar-refractivity contribution >= 4 is 11.5 Å². The Balaban J connectivity index is 2.05. The Labute approximate surface area is 116 Å². The van der Waals surface area contributed by atoms with Gasteiger partial charge in [0.1, 0.15) is 5.84 Å². The van der Waals surface area contributed by atoms with E-state index in [0.717, 1.165) is 43.8 Å². The van der Waals surface area contributed by atoms with E-state index in [4.69, 9.17) is 0 Å². The first kappa shape index (κ1) is 14.7. The fourth-order valence-corrected chi connectivity index (χ4v) is 2.02. The molecule has 1 fully saturated rings. The second-order valence-electron chi connectivity index (χ2n) is 4.74. The number of nitrogens with one attached hydrogen (secondary N) is 1. The smallest absolute Gasteiger partial charge is 0.286 e. The topological polar surface area (TPSA) is 27.6 Å². The van der Waals surface area contributed by atoms with E-state index in [0.29, 0.717) is 12.2 Å². The summed E-state index contributed by atoms with van der Waals surface area (Å²) in [4.78, 5) is 4.40. The first-order valence-corrected chi connectivity index (χ1v) is 6.75. The molecule has 0 aliphatic carbocycles. The van der Waals surface area contributed by atoms with Crippen LogP contribution in [0.2, 0.25) is 0 Å². The Kier molecular flexibility index (Phi) is 4.52. The van der Waals surface area contributed by atoms with Crippen molar-refractivity contribution in [2.45, 2.75) is 32.4 Å². The first-order valence-electron chi connectivity index (χ1n) is 6.75. The molecule has 0 amide bonds. The van der Waals surface area contributed by atoms with Gasteiger partial charge in [-0.1, -0.05) is 19.4 Å². The Bertz CT molecular complexity index is 483. The summed E-state index contributed by atoms with van der Waals surface area (Å²) in [5.74, 6) is 0.843. The number of anilines is 1. The van der Waals surface area contributed by atoms with E-state index in [1.54, 1.807) is 11.1 Å². The first-order chi connectivity index (χ1) is 9.50. The van der Waals surface area contributed by atoms with Crippen molar-refractivity contribution in [3.63, 3.8) is 0 Å². The molecular formula is C14H18F3N3. The van der Waals surface area contributed by atoms with Crippen molar-refractivity contribution in [2.24, 2.45) is 4.99 Å². The van der Waals surface area contributed by atoms with Crippen molar-refractivity contribution in [1.29, 1.82) is 0 Å². The van der Waals surface area contributed by atoms with E-state index in [9.17, 15) is 13.2 Å². The van der Waals surface area contributed by atoms with Gasteiger partial charge in [0.05, 0.1) is 11.3 Å². The van der Waals surface area contributed by atoms with Crippen LogP contribution in [0.3, 0.4) is 0 Å². The van der Waals surface area contributed by atoms with Gasteiger partial charge in [0.2, 0.25) is 0 Å². The number of hydrazine groups is 1. The Morgan fingerprint density at radius 1 is 1.35 bits per heavy atom. The van der Waals surface area contributed by atoms with Gasteiger partial charge >= 0.3 is 6.18 Å². The third-order valence-electron chi connectivity index (χ3n) is 3.14. The van der Waals surface area contributed by atoms with Gasteiger partial charge in [0, 0.05) is 19.5 Å². The van der Waals surface area contributed by atoms with Crippen molar-refractivity contribution in [1.82, 2.24) is 5.43 Å². The largest absolute Gasteiger partial charge is 0.416 e. The molecule has 1 aliphatic rings. The molecule has 0 radical (unpaired) electrons. The summed E-state index contributed by atoms with van der Waals surface area (Å²) in [6.07, 6.45) is -1.48.